The van der Waals surface area contributed by atoms with Crippen LogP contribution < -0.4 is 11.2 Å². The molecule has 0 radical (unpaired) electrons. The van der Waals surface area contributed by atoms with E-state index in [-0.39, 0.29) is 0 Å². The Bertz CT molecular complexity index is 1480. The fourth-order valence-corrected chi connectivity index (χ4v) is 3.67. The lowest BCUT2D eigenvalue weighted by Crippen LogP contribution is -2.29. The molecule has 0 saturated carbocycles. The van der Waals surface area contributed by atoms with Crippen LogP contribution in [0.4, 0.5) is 0 Å². The summed E-state index contributed by atoms with van der Waals surface area (Å²) in [6.45, 7) is 0.411. The van der Waals surface area contributed by atoms with E-state index in [1.807, 2.05) is 42.5 Å². The summed E-state index contributed by atoms with van der Waals surface area (Å²) in [6, 6.07) is 16.9. The van der Waals surface area contributed by atoms with E-state index in [0.717, 1.165) is 11.1 Å². The van der Waals surface area contributed by atoms with Gasteiger partial charge in [-0.05, 0) is 29.8 Å². The monoisotopic (exact) mass is 406 g/mol. The highest BCUT2D eigenvalue weighted by Crippen LogP contribution is 2.25. The summed E-state index contributed by atoms with van der Waals surface area (Å²) in [5.41, 5.74) is 1.59. The van der Waals surface area contributed by atoms with Crippen LogP contribution in [-0.2, 0) is 13.6 Å². The van der Waals surface area contributed by atoms with Crippen LogP contribution >= 0.6 is 11.6 Å². The van der Waals surface area contributed by atoms with Crippen molar-refractivity contribution in [2.45, 2.75) is 6.54 Å². The second-order valence-corrected chi connectivity index (χ2v) is 7.16. The van der Waals surface area contributed by atoms with Crippen LogP contribution in [0.25, 0.3) is 28.3 Å². The predicted molar refractivity (Wildman–Crippen MR) is 110 cm³/mol. The molecule has 0 fully saturated rings. The van der Waals surface area contributed by atoms with Gasteiger partial charge in [0.1, 0.15) is 0 Å². The molecule has 2 aromatic carbocycles. The lowest BCUT2D eigenvalue weighted by Gasteiger charge is -2.05. The number of nitrogens with one attached hydrogen (secondary N) is 1. The van der Waals surface area contributed by atoms with Gasteiger partial charge in [0.25, 0.3) is 5.56 Å². The van der Waals surface area contributed by atoms with Gasteiger partial charge in [0.2, 0.25) is 5.78 Å². The van der Waals surface area contributed by atoms with Gasteiger partial charge < -0.3 is 0 Å². The average molecular weight is 407 g/mol. The quantitative estimate of drug-likeness (QED) is 0.498. The second kappa shape index (κ2) is 6.46. The first-order valence-corrected chi connectivity index (χ1v) is 9.29. The minimum atomic E-state index is -0.503. The van der Waals surface area contributed by atoms with Crippen LogP contribution in [0.15, 0.2) is 64.2 Å². The van der Waals surface area contributed by atoms with Crippen molar-refractivity contribution in [3.63, 3.8) is 0 Å². The second-order valence-electron chi connectivity index (χ2n) is 6.73. The Balaban J connectivity index is 1.89. The molecule has 0 atom stereocenters. The maximum absolute atomic E-state index is 12.8. The molecule has 0 spiro atoms. The third-order valence-corrected chi connectivity index (χ3v) is 5.18. The Morgan fingerprint density at radius 3 is 2.45 bits per heavy atom. The molecule has 9 heteroatoms. The van der Waals surface area contributed by atoms with Crippen molar-refractivity contribution in [1.29, 1.82) is 0 Å². The number of H-pyrrole nitrogens is 1. The molecular weight excluding hydrogens is 392 g/mol. The van der Waals surface area contributed by atoms with Gasteiger partial charge in [-0.2, -0.15) is 0 Å². The number of nitrogens with zero attached hydrogens (tertiary/aromatic N) is 5. The molecule has 5 rings (SSSR count). The van der Waals surface area contributed by atoms with E-state index in [9.17, 15) is 9.59 Å². The number of hydrogen-bond donors (Lipinski definition) is 1. The minimum absolute atomic E-state index is 0.357. The van der Waals surface area contributed by atoms with Gasteiger partial charge in [-0.3, -0.25) is 18.9 Å². The zero-order chi connectivity index (χ0) is 20.1. The molecule has 0 aliphatic carbocycles. The zero-order valence-corrected chi connectivity index (χ0v) is 16.1. The van der Waals surface area contributed by atoms with Crippen molar-refractivity contribution >= 4 is 28.5 Å². The fraction of sp³-hybridized carbons (Fsp3) is 0.100. The average Bonchev–Trinajstić information content (AvgIpc) is 3.27. The number of aromatic nitrogens is 6. The van der Waals surface area contributed by atoms with Crippen molar-refractivity contribution in [2.75, 3.05) is 0 Å². The van der Waals surface area contributed by atoms with Crippen molar-refractivity contribution < 1.29 is 0 Å². The van der Waals surface area contributed by atoms with E-state index in [1.54, 1.807) is 28.1 Å². The first-order chi connectivity index (χ1) is 14.0. The van der Waals surface area contributed by atoms with Gasteiger partial charge in [-0.25, -0.2) is 9.20 Å². The molecule has 29 heavy (non-hydrogen) atoms. The molecule has 0 unspecified atom stereocenters. The Hall–Kier alpha value is -3.65. The maximum atomic E-state index is 12.8. The van der Waals surface area contributed by atoms with Gasteiger partial charge in [-0.15, -0.1) is 10.2 Å². The summed E-state index contributed by atoms with van der Waals surface area (Å²) in [6.07, 6.45) is 0. The molecule has 5 aromatic rings. The number of fused-ring (bicyclic) bond motifs is 3. The highest BCUT2D eigenvalue weighted by atomic mass is 35.5. The summed E-state index contributed by atoms with van der Waals surface area (Å²) in [5, 5.41) is 9.27. The van der Waals surface area contributed by atoms with Crippen LogP contribution in [0.1, 0.15) is 5.56 Å². The Labute approximate surface area is 168 Å². The molecule has 3 heterocycles. The zero-order valence-electron chi connectivity index (χ0n) is 15.3. The molecule has 0 saturated heterocycles. The minimum Gasteiger partial charge on any atom is -0.298 e. The number of rotatable bonds is 3. The standard InChI is InChI=1S/C20H15ClN6O2/c1-25-18-15(17(28)22-20(25)29)26(11-12-5-3-2-4-6-12)19-24-23-16(27(18)19)13-7-9-14(21)10-8-13/h2-10H,11H2,1H3,(H,22,28,29). The number of aryl methyl sites for hydroxylation is 1. The van der Waals surface area contributed by atoms with Crippen molar-refractivity contribution in [3.8, 4) is 11.4 Å². The van der Waals surface area contributed by atoms with E-state index in [4.69, 9.17) is 11.6 Å². The van der Waals surface area contributed by atoms with Gasteiger partial charge in [0.15, 0.2) is 17.0 Å². The Morgan fingerprint density at radius 1 is 1.00 bits per heavy atom. The van der Waals surface area contributed by atoms with Crippen LogP contribution in [0.3, 0.4) is 0 Å². The smallest absolute Gasteiger partial charge is 0.298 e. The number of hydrogen-bond acceptors (Lipinski definition) is 4. The Kier molecular flexibility index (Phi) is 3.88. The van der Waals surface area contributed by atoms with Gasteiger partial charge in [0, 0.05) is 17.6 Å². The number of halogens is 1. The van der Waals surface area contributed by atoms with Gasteiger partial charge in [-0.1, -0.05) is 41.9 Å². The molecule has 144 valence electrons. The van der Waals surface area contributed by atoms with E-state index >= 15 is 0 Å². The third-order valence-electron chi connectivity index (χ3n) is 4.92. The molecule has 3 aromatic heterocycles. The topological polar surface area (TPSA) is 90.0 Å². The highest BCUT2D eigenvalue weighted by Gasteiger charge is 2.22. The molecule has 8 nitrogen and oxygen atoms in total. The van der Waals surface area contributed by atoms with Crippen molar-refractivity contribution in [2.24, 2.45) is 7.05 Å². The van der Waals surface area contributed by atoms with Crippen LogP contribution in [0, 0.1) is 0 Å². The van der Waals surface area contributed by atoms with E-state index < -0.39 is 11.2 Å². The molecule has 0 aliphatic heterocycles. The van der Waals surface area contributed by atoms with Gasteiger partial charge in [0.05, 0.1) is 6.54 Å². The third kappa shape index (κ3) is 2.68. The maximum Gasteiger partial charge on any atom is 0.329 e. The van der Waals surface area contributed by atoms with Crippen molar-refractivity contribution in [1.82, 2.24) is 28.7 Å². The summed E-state index contributed by atoms with van der Waals surface area (Å²) in [5.74, 6) is 0.995. The van der Waals surface area contributed by atoms with Crippen molar-refractivity contribution in [3.05, 3.63) is 86.0 Å². The molecule has 0 amide bonds. The first-order valence-electron chi connectivity index (χ1n) is 8.91. The number of benzene rings is 2. The van der Waals surface area contributed by atoms with Crippen LogP contribution in [0.5, 0.6) is 0 Å². The fourth-order valence-electron chi connectivity index (χ4n) is 3.54. The summed E-state index contributed by atoms with van der Waals surface area (Å²) < 4.78 is 4.90. The Morgan fingerprint density at radius 2 is 1.72 bits per heavy atom. The summed E-state index contributed by atoms with van der Waals surface area (Å²) in [7, 11) is 1.61. The number of imidazole rings is 1. The van der Waals surface area contributed by atoms with Crippen LogP contribution in [-0.4, -0.2) is 28.7 Å². The van der Waals surface area contributed by atoms with E-state index in [1.165, 1.54) is 4.57 Å². The number of aromatic amines is 1. The summed E-state index contributed by atoms with van der Waals surface area (Å²) >= 11 is 6.01. The first kappa shape index (κ1) is 17.4. The molecule has 0 bridgehead atoms. The summed E-state index contributed by atoms with van der Waals surface area (Å²) in [4.78, 5) is 27.4. The highest BCUT2D eigenvalue weighted by molar-refractivity contribution is 6.30. The lowest BCUT2D eigenvalue weighted by atomic mass is 10.2. The largest absolute Gasteiger partial charge is 0.329 e. The molecular formula is C20H15ClN6O2. The lowest BCUT2D eigenvalue weighted by molar-refractivity contribution is 0.809. The van der Waals surface area contributed by atoms with Gasteiger partial charge >= 0.3 is 5.69 Å². The molecule has 1 N–H and O–H groups in total. The van der Waals surface area contributed by atoms with E-state index in [0.29, 0.717) is 34.3 Å². The van der Waals surface area contributed by atoms with E-state index in [2.05, 4.69) is 15.2 Å². The van der Waals surface area contributed by atoms with Crippen LogP contribution in [0.2, 0.25) is 5.02 Å². The predicted octanol–water partition coefficient (Wildman–Crippen LogP) is 2.44. The normalized spacial score (nSPS) is 11.5. The molecule has 0 aliphatic rings. The SMILES string of the molecule is Cn1c(=O)[nH]c(=O)c2c1n1c(-c3ccc(Cl)cc3)nnc1n2Cc1ccccc1.